The number of aromatic carboxylic acids is 1. The first-order valence-electron chi connectivity index (χ1n) is 12.6. The maximum atomic E-state index is 12.3. The summed E-state index contributed by atoms with van der Waals surface area (Å²) in [6, 6.07) is 12.5. The molecule has 0 heterocycles. The Kier molecular flexibility index (Phi) is 13.5. The molecule has 0 saturated heterocycles. The van der Waals surface area contributed by atoms with Crippen LogP contribution in [0.5, 0.6) is 11.5 Å². The van der Waals surface area contributed by atoms with Crippen molar-refractivity contribution in [3.63, 3.8) is 0 Å². The van der Waals surface area contributed by atoms with Crippen molar-refractivity contribution in [2.75, 3.05) is 13.2 Å². The van der Waals surface area contributed by atoms with Crippen molar-refractivity contribution in [3.8, 4) is 11.5 Å². The third-order valence-corrected chi connectivity index (χ3v) is 5.62. The average molecular weight is 497 g/mol. The van der Waals surface area contributed by atoms with Crippen LogP contribution in [-0.4, -0.2) is 36.2 Å². The second-order valence-electron chi connectivity index (χ2n) is 8.50. The highest BCUT2D eigenvalue weighted by Gasteiger charge is 2.10. The number of benzene rings is 2. The lowest BCUT2D eigenvalue weighted by atomic mass is 10.1. The Hall–Kier alpha value is -3.61. The summed E-state index contributed by atoms with van der Waals surface area (Å²) >= 11 is 0. The van der Waals surface area contributed by atoms with Gasteiger partial charge in [-0.15, -0.1) is 0 Å². The number of carbonyl (C=O) groups is 3. The topological polar surface area (TPSA) is 99.1 Å². The van der Waals surface area contributed by atoms with Crippen molar-refractivity contribution in [1.29, 1.82) is 0 Å². The fraction of sp³-hybridized carbons (Fsp3) is 0.414. The quantitative estimate of drug-likeness (QED) is 0.107. The van der Waals surface area contributed by atoms with Gasteiger partial charge in [-0.25, -0.2) is 14.4 Å². The molecule has 1 N–H and O–H groups in total. The van der Waals surface area contributed by atoms with Gasteiger partial charge in [-0.3, -0.25) is 0 Å². The summed E-state index contributed by atoms with van der Waals surface area (Å²) in [5.41, 5.74) is 0.519. The minimum Gasteiger partial charge on any atom is -0.494 e. The van der Waals surface area contributed by atoms with E-state index in [1.165, 1.54) is 68.9 Å². The second-order valence-corrected chi connectivity index (χ2v) is 8.50. The first kappa shape index (κ1) is 28.6. The molecule has 0 fully saturated rings. The molecular weight excluding hydrogens is 460 g/mol. The maximum Gasteiger partial charge on any atom is 0.343 e. The number of rotatable bonds is 18. The number of carboxylic acids is 1. The molecule has 0 aliphatic heterocycles. The van der Waals surface area contributed by atoms with E-state index >= 15 is 0 Å². The van der Waals surface area contributed by atoms with E-state index in [9.17, 15) is 14.4 Å². The first-order chi connectivity index (χ1) is 17.5. The van der Waals surface area contributed by atoms with E-state index in [2.05, 4.69) is 6.58 Å². The molecule has 0 radical (unpaired) electrons. The summed E-state index contributed by atoms with van der Waals surface area (Å²) in [4.78, 5) is 34.1. The molecule has 0 saturated carbocycles. The van der Waals surface area contributed by atoms with Gasteiger partial charge in [0.05, 0.1) is 24.3 Å². The van der Waals surface area contributed by atoms with Crippen LogP contribution >= 0.6 is 0 Å². The summed E-state index contributed by atoms with van der Waals surface area (Å²) in [5, 5.41) is 8.92. The number of hydrogen-bond donors (Lipinski definition) is 1. The molecule has 0 bridgehead atoms. The van der Waals surface area contributed by atoms with Crippen LogP contribution < -0.4 is 9.47 Å². The van der Waals surface area contributed by atoms with Gasteiger partial charge in [0.15, 0.2) is 0 Å². The van der Waals surface area contributed by atoms with Crippen LogP contribution in [-0.2, 0) is 9.53 Å². The Labute approximate surface area is 213 Å². The van der Waals surface area contributed by atoms with Gasteiger partial charge in [-0.05, 0) is 61.4 Å². The molecule has 0 atom stereocenters. The molecular formula is C29H36O7. The lowest BCUT2D eigenvalue weighted by Gasteiger charge is -2.08. The minimum atomic E-state index is -1.03. The molecule has 0 aliphatic carbocycles. The Morgan fingerprint density at radius 1 is 0.667 bits per heavy atom. The van der Waals surface area contributed by atoms with E-state index in [1.807, 2.05) is 0 Å². The predicted octanol–water partition coefficient (Wildman–Crippen LogP) is 6.61. The largest absolute Gasteiger partial charge is 0.494 e. The summed E-state index contributed by atoms with van der Waals surface area (Å²) < 4.78 is 16.0. The van der Waals surface area contributed by atoms with E-state index in [1.54, 1.807) is 24.3 Å². The van der Waals surface area contributed by atoms with E-state index in [0.717, 1.165) is 25.7 Å². The molecule has 2 aromatic rings. The molecule has 36 heavy (non-hydrogen) atoms. The molecule has 0 spiro atoms. The normalized spacial score (nSPS) is 10.4. The molecule has 0 aliphatic rings. The highest BCUT2D eigenvalue weighted by Crippen LogP contribution is 2.17. The predicted molar refractivity (Wildman–Crippen MR) is 138 cm³/mol. The fourth-order valence-electron chi connectivity index (χ4n) is 3.56. The third kappa shape index (κ3) is 11.7. The van der Waals surface area contributed by atoms with Crippen LogP contribution in [0.15, 0.2) is 61.2 Å². The zero-order chi connectivity index (χ0) is 26.0. The number of carboxylic acid groups (broad SMARTS) is 1. The van der Waals surface area contributed by atoms with Crippen molar-refractivity contribution >= 4 is 17.9 Å². The van der Waals surface area contributed by atoms with Gasteiger partial charge in [0.1, 0.15) is 11.5 Å². The zero-order valence-corrected chi connectivity index (χ0v) is 20.8. The summed E-state index contributed by atoms with van der Waals surface area (Å²) in [6.45, 7) is 4.49. The number of ether oxygens (including phenoxy) is 3. The van der Waals surface area contributed by atoms with Crippen LogP contribution in [0.4, 0.5) is 0 Å². The van der Waals surface area contributed by atoms with E-state index in [-0.39, 0.29) is 17.3 Å². The molecule has 7 heteroatoms. The van der Waals surface area contributed by atoms with E-state index in [0.29, 0.717) is 24.5 Å². The second kappa shape index (κ2) is 16.9. The number of carbonyl (C=O) groups excluding carboxylic acids is 2. The van der Waals surface area contributed by atoms with E-state index in [4.69, 9.17) is 19.3 Å². The van der Waals surface area contributed by atoms with Crippen molar-refractivity contribution in [1.82, 2.24) is 0 Å². The van der Waals surface area contributed by atoms with Crippen LogP contribution in [0, 0.1) is 0 Å². The van der Waals surface area contributed by atoms with Crippen molar-refractivity contribution in [3.05, 3.63) is 72.3 Å². The standard InChI is InChI=1S/C29H36O7/c1-2-27(30)35-22-12-10-8-6-4-3-5-7-9-11-21-34-25-17-15-24(16-18-25)29(33)36-26-19-13-23(14-20-26)28(31)32/h2,13-20H,1,3-12,21-22H2,(H,31,32). The van der Waals surface area contributed by atoms with Gasteiger partial charge in [0.25, 0.3) is 0 Å². The average Bonchev–Trinajstić information content (AvgIpc) is 2.89. The smallest absolute Gasteiger partial charge is 0.343 e. The van der Waals surface area contributed by atoms with E-state index < -0.39 is 11.9 Å². The van der Waals surface area contributed by atoms with Gasteiger partial charge in [-0.2, -0.15) is 0 Å². The lowest BCUT2D eigenvalue weighted by Crippen LogP contribution is -2.08. The third-order valence-electron chi connectivity index (χ3n) is 5.62. The van der Waals surface area contributed by atoms with Gasteiger partial charge in [0, 0.05) is 6.08 Å². The molecule has 0 unspecified atom stereocenters. The summed E-state index contributed by atoms with van der Waals surface area (Å²) in [7, 11) is 0. The van der Waals surface area contributed by atoms with Crippen LogP contribution in [0.3, 0.4) is 0 Å². The van der Waals surface area contributed by atoms with Crippen molar-refractivity contribution < 1.29 is 33.7 Å². The zero-order valence-electron chi connectivity index (χ0n) is 20.8. The highest BCUT2D eigenvalue weighted by atomic mass is 16.5. The number of unbranched alkanes of at least 4 members (excludes halogenated alkanes) is 9. The monoisotopic (exact) mass is 496 g/mol. The van der Waals surface area contributed by atoms with Gasteiger partial charge < -0.3 is 19.3 Å². The lowest BCUT2D eigenvalue weighted by molar-refractivity contribution is -0.137. The van der Waals surface area contributed by atoms with Crippen LogP contribution in [0.25, 0.3) is 0 Å². The van der Waals surface area contributed by atoms with Gasteiger partial charge in [-0.1, -0.05) is 57.9 Å². The highest BCUT2D eigenvalue weighted by molar-refractivity contribution is 5.91. The molecule has 0 aromatic heterocycles. The molecule has 2 aromatic carbocycles. The van der Waals surface area contributed by atoms with Crippen molar-refractivity contribution in [2.24, 2.45) is 0 Å². The first-order valence-corrected chi connectivity index (χ1v) is 12.6. The minimum absolute atomic E-state index is 0.130. The Morgan fingerprint density at radius 3 is 1.67 bits per heavy atom. The summed E-state index contributed by atoms with van der Waals surface area (Å²) in [5.74, 6) is -0.904. The van der Waals surface area contributed by atoms with Crippen LogP contribution in [0.1, 0.15) is 84.9 Å². The molecule has 0 amide bonds. The van der Waals surface area contributed by atoms with Gasteiger partial charge in [0.2, 0.25) is 0 Å². The Morgan fingerprint density at radius 2 is 1.14 bits per heavy atom. The fourth-order valence-corrected chi connectivity index (χ4v) is 3.56. The van der Waals surface area contributed by atoms with Gasteiger partial charge >= 0.3 is 17.9 Å². The van der Waals surface area contributed by atoms with Crippen molar-refractivity contribution in [2.45, 2.75) is 64.2 Å². The Balaban J connectivity index is 1.48. The maximum absolute atomic E-state index is 12.3. The number of esters is 2. The number of hydrogen-bond acceptors (Lipinski definition) is 6. The summed E-state index contributed by atoms with van der Waals surface area (Å²) in [6.07, 6.45) is 12.6. The molecule has 194 valence electrons. The molecule has 7 nitrogen and oxygen atoms in total. The molecule has 2 rings (SSSR count). The Bertz CT molecular complexity index is 949. The SMILES string of the molecule is C=CC(=O)OCCCCCCCCCCCCOc1ccc(C(=O)Oc2ccc(C(=O)O)cc2)cc1. The van der Waals surface area contributed by atoms with Crippen LogP contribution in [0.2, 0.25) is 0 Å².